The van der Waals surface area contributed by atoms with Crippen molar-refractivity contribution in [2.24, 2.45) is 0 Å². The van der Waals surface area contributed by atoms with Gasteiger partial charge in [-0.2, -0.15) is 4.98 Å². The number of hydrogen-bond acceptors (Lipinski definition) is 5. The van der Waals surface area contributed by atoms with Crippen molar-refractivity contribution in [2.75, 3.05) is 17.7 Å². The van der Waals surface area contributed by atoms with Crippen LogP contribution in [0.2, 0.25) is 5.02 Å². The molecule has 1 atom stereocenters. The first-order valence-electron chi connectivity index (χ1n) is 8.60. The Morgan fingerprint density at radius 1 is 1.22 bits per heavy atom. The quantitative estimate of drug-likeness (QED) is 0.581. The molecule has 27 heavy (non-hydrogen) atoms. The van der Waals surface area contributed by atoms with Crippen LogP contribution in [0, 0.1) is 6.92 Å². The van der Waals surface area contributed by atoms with Crippen LogP contribution in [0.3, 0.4) is 0 Å². The van der Waals surface area contributed by atoms with Crippen molar-refractivity contribution in [1.29, 1.82) is 0 Å². The highest BCUT2D eigenvalue weighted by Crippen LogP contribution is 2.35. The molecule has 4 rings (SSSR count). The average molecular weight is 400 g/mol. The van der Waals surface area contributed by atoms with Crippen LogP contribution < -0.4 is 4.90 Å². The van der Waals surface area contributed by atoms with Crippen LogP contribution in [-0.2, 0) is 4.79 Å². The molecule has 138 valence electrons. The van der Waals surface area contributed by atoms with Crippen LogP contribution in [0.25, 0.3) is 11.4 Å². The van der Waals surface area contributed by atoms with Gasteiger partial charge in [-0.05, 0) is 55.1 Å². The number of aromatic nitrogens is 2. The molecule has 1 aromatic heterocycles. The minimum atomic E-state index is -0.123. The van der Waals surface area contributed by atoms with Crippen molar-refractivity contribution in [3.63, 3.8) is 0 Å². The van der Waals surface area contributed by atoms with Crippen LogP contribution >= 0.6 is 23.4 Å². The third kappa shape index (κ3) is 3.47. The first-order chi connectivity index (χ1) is 13.1. The topological polar surface area (TPSA) is 59.2 Å². The molecule has 1 unspecified atom stereocenters. The highest BCUT2D eigenvalue weighted by Gasteiger charge is 2.35. The second-order valence-electron chi connectivity index (χ2n) is 6.47. The van der Waals surface area contributed by atoms with E-state index in [2.05, 4.69) is 10.1 Å². The van der Waals surface area contributed by atoms with Crippen molar-refractivity contribution >= 4 is 35.0 Å². The highest BCUT2D eigenvalue weighted by atomic mass is 35.5. The Bertz CT molecular complexity index is 987. The number of amides is 1. The fraction of sp³-hybridized carbons (Fsp3) is 0.250. The summed E-state index contributed by atoms with van der Waals surface area (Å²) in [4.78, 5) is 20.0. The van der Waals surface area contributed by atoms with Crippen LogP contribution in [-0.4, -0.2) is 28.8 Å². The number of thioether (sulfide) groups is 1. The Morgan fingerprint density at radius 3 is 2.74 bits per heavy atom. The molecule has 1 aliphatic heterocycles. The van der Waals surface area contributed by atoms with Gasteiger partial charge in [-0.15, -0.1) is 11.8 Å². The van der Waals surface area contributed by atoms with E-state index in [-0.39, 0.29) is 11.8 Å². The lowest BCUT2D eigenvalue weighted by atomic mass is 10.1. The Balaban J connectivity index is 1.56. The summed E-state index contributed by atoms with van der Waals surface area (Å²) >= 11 is 7.89. The van der Waals surface area contributed by atoms with Gasteiger partial charge in [0.05, 0.1) is 5.92 Å². The zero-order chi connectivity index (χ0) is 19.0. The molecular weight excluding hydrogens is 382 g/mol. The van der Waals surface area contributed by atoms with Gasteiger partial charge in [-0.3, -0.25) is 4.79 Å². The number of benzene rings is 2. The van der Waals surface area contributed by atoms with Gasteiger partial charge in [0.15, 0.2) is 0 Å². The maximum Gasteiger partial charge on any atom is 0.232 e. The molecule has 0 aliphatic carbocycles. The third-order valence-electron chi connectivity index (χ3n) is 4.79. The number of anilines is 1. The maximum atomic E-state index is 12.6. The van der Waals surface area contributed by atoms with Gasteiger partial charge < -0.3 is 9.42 Å². The number of halogens is 1. The van der Waals surface area contributed by atoms with Gasteiger partial charge in [0, 0.05) is 34.1 Å². The molecule has 0 bridgehead atoms. The van der Waals surface area contributed by atoms with Crippen LogP contribution in [0.5, 0.6) is 0 Å². The second kappa shape index (κ2) is 7.37. The van der Waals surface area contributed by atoms with Crippen LogP contribution in [0.1, 0.15) is 23.8 Å². The molecule has 0 radical (unpaired) electrons. The van der Waals surface area contributed by atoms with Gasteiger partial charge in [0.25, 0.3) is 0 Å². The molecule has 3 aromatic rings. The van der Waals surface area contributed by atoms with E-state index in [4.69, 9.17) is 16.1 Å². The first kappa shape index (κ1) is 18.1. The molecular formula is C20H18ClN3O2S. The Hall–Kier alpha value is -2.31. The molecule has 1 amide bonds. The fourth-order valence-electron chi connectivity index (χ4n) is 3.25. The molecule has 1 aliphatic rings. The molecule has 2 heterocycles. The second-order valence-corrected chi connectivity index (χ2v) is 7.76. The Kier molecular flexibility index (Phi) is 4.93. The zero-order valence-corrected chi connectivity index (χ0v) is 16.5. The SMILES string of the molecule is CSc1ccc(-c2noc(C3CC(=O)N(c4cccc(Cl)c4C)C3)n2)cc1. The van der Waals surface area contributed by atoms with E-state index in [1.165, 1.54) is 4.90 Å². The monoisotopic (exact) mass is 399 g/mol. The molecule has 0 saturated carbocycles. The van der Waals surface area contributed by atoms with Gasteiger partial charge >= 0.3 is 0 Å². The van der Waals surface area contributed by atoms with E-state index in [1.807, 2.05) is 55.6 Å². The maximum absolute atomic E-state index is 12.6. The molecule has 2 aromatic carbocycles. The predicted octanol–water partition coefficient (Wildman–Crippen LogP) is 4.94. The summed E-state index contributed by atoms with van der Waals surface area (Å²) in [6.07, 6.45) is 2.38. The Morgan fingerprint density at radius 2 is 2.00 bits per heavy atom. The lowest BCUT2D eigenvalue weighted by Crippen LogP contribution is -2.25. The van der Waals surface area contributed by atoms with E-state index in [0.717, 1.165) is 16.8 Å². The van der Waals surface area contributed by atoms with Crippen molar-refractivity contribution in [1.82, 2.24) is 10.1 Å². The summed E-state index contributed by atoms with van der Waals surface area (Å²) in [6, 6.07) is 13.6. The zero-order valence-electron chi connectivity index (χ0n) is 15.0. The van der Waals surface area contributed by atoms with Crippen molar-refractivity contribution in [3.8, 4) is 11.4 Å². The minimum Gasteiger partial charge on any atom is -0.339 e. The van der Waals surface area contributed by atoms with E-state index >= 15 is 0 Å². The number of rotatable bonds is 4. The number of nitrogens with zero attached hydrogens (tertiary/aromatic N) is 3. The summed E-state index contributed by atoms with van der Waals surface area (Å²) < 4.78 is 5.47. The summed E-state index contributed by atoms with van der Waals surface area (Å²) in [5.74, 6) is 0.953. The van der Waals surface area contributed by atoms with Crippen LogP contribution in [0.4, 0.5) is 5.69 Å². The molecule has 0 spiro atoms. The molecule has 1 fully saturated rings. The van der Waals surface area contributed by atoms with Gasteiger partial charge in [0.1, 0.15) is 0 Å². The summed E-state index contributed by atoms with van der Waals surface area (Å²) in [6.45, 7) is 2.42. The molecule has 0 N–H and O–H groups in total. The lowest BCUT2D eigenvalue weighted by molar-refractivity contribution is -0.117. The van der Waals surface area contributed by atoms with Gasteiger partial charge in [-0.25, -0.2) is 0 Å². The van der Waals surface area contributed by atoms with Crippen molar-refractivity contribution < 1.29 is 9.32 Å². The van der Waals surface area contributed by atoms with Crippen molar-refractivity contribution in [2.45, 2.75) is 24.2 Å². The smallest absolute Gasteiger partial charge is 0.232 e. The third-order valence-corrected chi connectivity index (χ3v) is 5.95. The summed E-state index contributed by atoms with van der Waals surface area (Å²) in [7, 11) is 0. The van der Waals surface area contributed by atoms with Crippen molar-refractivity contribution in [3.05, 3.63) is 58.9 Å². The Labute approximate surface area is 166 Å². The van der Waals surface area contributed by atoms with E-state index in [9.17, 15) is 4.79 Å². The minimum absolute atomic E-state index is 0.0365. The lowest BCUT2D eigenvalue weighted by Gasteiger charge is -2.19. The highest BCUT2D eigenvalue weighted by molar-refractivity contribution is 7.98. The van der Waals surface area contributed by atoms with E-state index in [1.54, 1.807) is 16.7 Å². The van der Waals surface area contributed by atoms with E-state index in [0.29, 0.717) is 29.7 Å². The largest absolute Gasteiger partial charge is 0.339 e. The van der Waals surface area contributed by atoms with Gasteiger partial charge in [-0.1, -0.05) is 22.8 Å². The predicted molar refractivity (Wildman–Crippen MR) is 107 cm³/mol. The standard InChI is InChI=1S/C20H18ClN3O2S/c1-12-16(21)4-3-5-17(12)24-11-14(10-18(24)25)20-22-19(23-26-20)13-6-8-15(27-2)9-7-13/h3-9,14H,10-11H2,1-2H3. The van der Waals surface area contributed by atoms with Gasteiger partial charge in [0.2, 0.25) is 17.6 Å². The van der Waals surface area contributed by atoms with Crippen LogP contribution in [0.15, 0.2) is 51.9 Å². The number of hydrogen-bond donors (Lipinski definition) is 0. The molecule has 7 heteroatoms. The normalized spacial score (nSPS) is 16.9. The molecule has 5 nitrogen and oxygen atoms in total. The number of carbonyl (C=O) groups excluding carboxylic acids is 1. The summed E-state index contributed by atoms with van der Waals surface area (Å²) in [5, 5.41) is 4.75. The first-order valence-corrected chi connectivity index (χ1v) is 10.2. The number of carbonyl (C=O) groups is 1. The fourth-order valence-corrected chi connectivity index (χ4v) is 3.83. The average Bonchev–Trinajstić information content (AvgIpc) is 3.31. The molecule has 1 saturated heterocycles. The summed E-state index contributed by atoms with van der Waals surface area (Å²) in [5.41, 5.74) is 2.63. The van der Waals surface area contributed by atoms with E-state index < -0.39 is 0 Å².